The summed E-state index contributed by atoms with van der Waals surface area (Å²) in [6.45, 7) is 5.54. The van der Waals surface area contributed by atoms with Crippen molar-refractivity contribution in [2.75, 3.05) is 38.9 Å². The van der Waals surface area contributed by atoms with Crippen LogP contribution < -0.4 is 10.1 Å². The predicted octanol–water partition coefficient (Wildman–Crippen LogP) is 7.94. The molecule has 36 heavy (non-hydrogen) atoms. The number of anilines is 2. The Morgan fingerprint density at radius 3 is 2.22 bits per heavy atom. The Balaban J connectivity index is 1.56. The Kier molecular flexibility index (Phi) is 10.1. The third-order valence-electron chi connectivity index (χ3n) is 6.56. The normalized spacial score (nSPS) is 11.4. The number of nitrogens with one attached hydrogen (secondary N) is 1. The van der Waals surface area contributed by atoms with E-state index < -0.39 is 0 Å². The summed E-state index contributed by atoms with van der Waals surface area (Å²) < 4.78 is 19.1. The highest BCUT2D eigenvalue weighted by atomic mass is 16.5. The first-order valence-corrected chi connectivity index (χ1v) is 13.4. The zero-order valence-electron chi connectivity index (χ0n) is 21.8. The molecule has 5 heteroatoms. The minimum atomic E-state index is 0.526. The van der Waals surface area contributed by atoms with Crippen molar-refractivity contribution in [2.45, 2.75) is 52.0 Å². The molecule has 0 aliphatic heterocycles. The van der Waals surface area contributed by atoms with Crippen LogP contribution in [0.2, 0.25) is 0 Å². The molecular formula is C31H40N2O3. The number of benzene rings is 3. The summed E-state index contributed by atoms with van der Waals surface area (Å²) in [5, 5.41) is 6.11. The molecule has 1 N–H and O–H groups in total. The smallest absolute Gasteiger partial charge is 0.121 e. The van der Waals surface area contributed by atoms with Gasteiger partial charge in [0.25, 0.3) is 0 Å². The van der Waals surface area contributed by atoms with Gasteiger partial charge in [-0.3, -0.25) is 0 Å². The second kappa shape index (κ2) is 13.9. The number of rotatable bonds is 16. The molecule has 3 aromatic carbocycles. The van der Waals surface area contributed by atoms with Gasteiger partial charge in [-0.15, -0.1) is 0 Å². The highest BCUT2D eigenvalue weighted by molar-refractivity contribution is 6.09. The van der Waals surface area contributed by atoms with E-state index >= 15 is 0 Å². The van der Waals surface area contributed by atoms with Gasteiger partial charge in [0.05, 0.1) is 30.9 Å². The van der Waals surface area contributed by atoms with Gasteiger partial charge in [-0.1, -0.05) is 63.3 Å². The van der Waals surface area contributed by atoms with Crippen molar-refractivity contribution < 1.29 is 14.2 Å². The van der Waals surface area contributed by atoms with Crippen LogP contribution in [0.5, 0.6) is 5.75 Å². The lowest BCUT2D eigenvalue weighted by molar-refractivity contribution is 0.0544. The topological polar surface area (TPSA) is 44.7 Å². The van der Waals surface area contributed by atoms with E-state index in [1.165, 1.54) is 60.3 Å². The van der Waals surface area contributed by atoms with Crippen LogP contribution in [-0.2, 0) is 16.0 Å². The van der Waals surface area contributed by atoms with Gasteiger partial charge in [-0.25, -0.2) is 0 Å². The van der Waals surface area contributed by atoms with E-state index in [1.54, 1.807) is 7.11 Å². The Bertz CT molecular complexity index is 1200. The molecule has 0 amide bonds. The number of aromatic nitrogens is 1. The lowest BCUT2D eigenvalue weighted by atomic mass is 10.1. The fourth-order valence-corrected chi connectivity index (χ4v) is 4.68. The molecule has 0 fully saturated rings. The second-order valence-corrected chi connectivity index (χ2v) is 9.27. The zero-order chi connectivity index (χ0) is 25.0. The Labute approximate surface area is 215 Å². The molecule has 4 aromatic rings. The van der Waals surface area contributed by atoms with Gasteiger partial charge in [-0.05, 0) is 42.8 Å². The van der Waals surface area contributed by atoms with Crippen molar-refractivity contribution in [1.29, 1.82) is 0 Å². The maximum atomic E-state index is 6.03. The van der Waals surface area contributed by atoms with Gasteiger partial charge < -0.3 is 24.1 Å². The maximum Gasteiger partial charge on any atom is 0.121 e. The van der Waals surface area contributed by atoms with Crippen LogP contribution in [0.25, 0.3) is 21.8 Å². The summed E-state index contributed by atoms with van der Waals surface area (Å²) in [5.41, 5.74) is 4.69. The van der Waals surface area contributed by atoms with Crippen LogP contribution in [0, 0.1) is 0 Å². The van der Waals surface area contributed by atoms with E-state index in [2.05, 4.69) is 77.5 Å². The van der Waals surface area contributed by atoms with Crippen LogP contribution in [-0.4, -0.2) is 38.1 Å². The third kappa shape index (κ3) is 7.02. The molecule has 1 heterocycles. The number of aryl methyl sites for hydroxylation is 1. The summed E-state index contributed by atoms with van der Waals surface area (Å²) in [6.07, 6.45) is 7.70. The number of hydrogen-bond donors (Lipinski definition) is 1. The van der Waals surface area contributed by atoms with Gasteiger partial charge in [0.2, 0.25) is 0 Å². The van der Waals surface area contributed by atoms with Crippen molar-refractivity contribution in [3.63, 3.8) is 0 Å². The van der Waals surface area contributed by atoms with E-state index in [9.17, 15) is 0 Å². The Hall–Kier alpha value is -3.02. The molecular weight excluding hydrogens is 448 g/mol. The summed E-state index contributed by atoms with van der Waals surface area (Å²) in [4.78, 5) is 0. The van der Waals surface area contributed by atoms with Gasteiger partial charge >= 0.3 is 0 Å². The number of hydrogen-bond acceptors (Lipinski definition) is 4. The van der Waals surface area contributed by atoms with Crippen LogP contribution in [0.4, 0.5) is 11.4 Å². The quantitative estimate of drug-likeness (QED) is 0.163. The highest BCUT2D eigenvalue weighted by Gasteiger charge is 2.13. The molecule has 192 valence electrons. The molecule has 0 bridgehead atoms. The molecule has 0 aliphatic carbocycles. The maximum absolute atomic E-state index is 6.03. The fraction of sp³-hybridized carbons (Fsp3) is 0.419. The third-order valence-corrected chi connectivity index (χ3v) is 6.56. The van der Waals surface area contributed by atoms with Crippen molar-refractivity contribution in [3.8, 4) is 5.75 Å². The lowest BCUT2D eigenvalue weighted by Crippen LogP contribution is -2.10. The first-order chi connectivity index (χ1) is 17.8. The van der Waals surface area contributed by atoms with E-state index in [1.807, 2.05) is 6.07 Å². The minimum absolute atomic E-state index is 0.526. The number of ether oxygens (including phenoxy) is 3. The summed E-state index contributed by atoms with van der Waals surface area (Å²) in [5.74, 6) is 0.882. The van der Waals surface area contributed by atoms with Crippen LogP contribution in [0.1, 0.15) is 45.4 Å². The molecule has 5 nitrogen and oxygen atoms in total. The zero-order valence-corrected chi connectivity index (χ0v) is 21.8. The molecule has 0 radical (unpaired) electrons. The predicted molar refractivity (Wildman–Crippen MR) is 151 cm³/mol. The molecule has 0 saturated carbocycles. The molecule has 0 spiro atoms. The molecule has 0 aliphatic rings. The average Bonchev–Trinajstić information content (AvgIpc) is 3.21. The largest absolute Gasteiger partial charge is 0.491 e. The van der Waals surface area contributed by atoms with Crippen molar-refractivity contribution in [1.82, 2.24) is 4.57 Å². The number of methoxy groups -OCH3 is 1. The van der Waals surface area contributed by atoms with Gasteiger partial charge in [0, 0.05) is 41.9 Å². The SMILES string of the molecule is CCCCCCCCn1c2cc(Nc3ccccc3)ccc2c2ccc(OCCOCCOC)cc21. The standard InChI is InChI=1S/C31H40N2O3/c1-3-4-5-6-7-11-18-33-30-23-26(32-25-12-9-8-10-13-25)14-16-28(30)29-17-15-27(24-31(29)33)36-22-21-35-20-19-34-2/h8-10,12-17,23-24,32H,3-7,11,18-22H2,1-2H3. The Morgan fingerprint density at radius 1 is 0.694 bits per heavy atom. The molecule has 4 rings (SSSR count). The van der Waals surface area contributed by atoms with Crippen LogP contribution in [0.15, 0.2) is 66.7 Å². The second-order valence-electron chi connectivity index (χ2n) is 9.27. The number of para-hydroxylation sites is 1. The number of unbranched alkanes of at least 4 members (excludes halogenated alkanes) is 5. The van der Waals surface area contributed by atoms with Gasteiger partial charge in [0.1, 0.15) is 12.4 Å². The van der Waals surface area contributed by atoms with E-state index in [4.69, 9.17) is 14.2 Å². The molecule has 1 aromatic heterocycles. The van der Waals surface area contributed by atoms with Gasteiger partial charge in [0.15, 0.2) is 0 Å². The summed E-state index contributed by atoms with van der Waals surface area (Å²) >= 11 is 0. The summed E-state index contributed by atoms with van der Waals surface area (Å²) in [7, 11) is 1.68. The van der Waals surface area contributed by atoms with E-state index in [0.717, 1.165) is 23.7 Å². The molecule has 0 atom stereocenters. The Morgan fingerprint density at radius 2 is 1.42 bits per heavy atom. The van der Waals surface area contributed by atoms with Gasteiger partial charge in [-0.2, -0.15) is 0 Å². The monoisotopic (exact) mass is 488 g/mol. The van der Waals surface area contributed by atoms with Crippen LogP contribution in [0.3, 0.4) is 0 Å². The van der Waals surface area contributed by atoms with Crippen molar-refractivity contribution in [3.05, 3.63) is 66.7 Å². The van der Waals surface area contributed by atoms with Crippen LogP contribution >= 0.6 is 0 Å². The highest BCUT2D eigenvalue weighted by Crippen LogP contribution is 2.34. The minimum Gasteiger partial charge on any atom is -0.491 e. The number of nitrogens with zero attached hydrogens (tertiary/aromatic N) is 1. The van der Waals surface area contributed by atoms with Crippen molar-refractivity contribution in [2.24, 2.45) is 0 Å². The first-order valence-electron chi connectivity index (χ1n) is 13.4. The van der Waals surface area contributed by atoms with E-state index in [-0.39, 0.29) is 0 Å². The summed E-state index contributed by atoms with van der Waals surface area (Å²) in [6, 6.07) is 23.5. The average molecular weight is 489 g/mol. The molecule has 0 unspecified atom stereocenters. The lowest BCUT2D eigenvalue weighted by Gasteiger charge is -2.11. The molecule has 0 saturated heterocycles. The van der Waals surface area contributed by atoms with Crippen molar-refractivity contribution >= 4 is 33.2 Å². The van der Waals surface area contributed by atoms with E-state index in [0.29, 0.717) is 26.4 Å². The fourth-order valence-electron chi connectivity index (χ4n) is 4.68. The number of fused-ring (bicyclic) bond motifs is 3. The first kappa shape index (κ1) is 26.1.